The summed E-state index contributed by atoms with van der Waals surface area (Å²) in [4.78, 5) is 18.7. The number of aliphatic carboxylic acids is 1. The summed E-state index contributed by atoms with van der Waals surface area (Å²) in [6.07, 6.45) is 4.54. The maximum atomic E-state index is 11.6. The van der Waals surface area contributed by atoms with Crippen molar-refractivity contribution in [1.82, 2.24) is 15.2 Å². The van der Waals surface area contributed by atoms with Crippen LogP contribution >= 0.6 is 11.3 Å². The molecule has 0 saturated carbocycles. The molecular weight excluding hydrogens is 450 g/mol. The number of nitrogens with zero attached hydrogens (tertiary/aromatic N) is 2. The summed E-state index contributed by atoms with van der Waals surface area (Å²) < 4.78 is 13.1. The Hall–Kier alpha value is -2.68. The predicted molar refractivity (Wildman–Crippen MR) is 133 cm³/mol. The smallest absolute Gasteiger partial charge is 0.306 e. The molecule has 0 spiro atoms. The summed E-state index contributed by atoms with van der Waals surface area (Å²) in [5.41, 5.74) is 0.939. The molecule has 0 bridgehead atoms. The first-order valence-electron chi connectivity index (χ1n) is 12.1. The van der Waals surface area contributed by atoms with Crippen LogP contribution in [-0.2, 0) is 4.79 Å². The molecule has 2 N–H and O–H groups in total. The summed E-state index contributed by atoms with van der Waals surface area (Å²) in [5, 5.41) is 13.6. The summed E-state index contributed by atoms with van der Waals surface area (Å²) in [6.45, 7) is 3.51. The Morgan fingerprint density at radius 3 is 2.62 bits per heavy atom. The van der Waals surface area contributed by atoms with Crippen LogP contribution in [0.4, 0.5) is 0 Å². The SMILES string of the molecule is O=C(O)C1CCN(C2CCNCC2)[C@@H](CCOc2ccc(Oc3nc4ccccc4s3)cc2)C1. The number of likely N-dealkylation sites (tertiary alicyclic amines) is 1. The molecule has 2 aliphatic heterocycles. The van der Waals surface area contributed by atoms with Crippen molar-refractivity contribution in [3.05, 3.63) is 48.5 Å². The fraction of sp³-hybridized carbons (Fsp3) is 0.462. The summed E-state index contributed by atoms with van der Waals surface area (Å²) in [6, 6.07) is 16.4. The summed E-state index contributed by atoms with van der Waals surface area (Å²) in [7, 11) is 0. The van der Waals surface area contributed by atoms with Crippen LogP contribution in [0.2, 0.25) is 0 Å². The molecule has 0 amide bonds. The molecule has 3 aromatic rings. The number of hydrogen-bond acceptors (Lipinski definition) is 7. The normalized spacial score (nSPS) is 22.0. The van der Waals surface area contributed by atoms with E-state index in [0.29, 0.717) is 24.3 Å². The van der Waals surface area contributed by atoms with Gasteiger partial charge in [0.05, 0.1) is 22.7 Å². The first-order valence-corrected chi connectivity index (χ1v) is 12.9. The zero-order valence-corrected chi connectivity index (χ0v) is 20.0. The highest BCUT2D eigenvalue weighted by atomic mass is 32.1. The molecule has 3 heterocycles. The number of benzene rings is 2. The highest BCUT2D eigenvalue weighted by molar-refractivity contribution is 7.20. The Morgan fingerprint density at radius 2 is 1.85 bits per heavy atom. The van der Waals surface area contributed by atoms with E-state index in [2.05, 4.69) is 15.2 Å². The van der Waals surface area contributed by atoms with Gasteiger partial charge >= 0.3 is 5.97 Å². The van der Waals surface area contributed by atoms with Gasteiger partial charge in [-0.1, -0.05) is 23.5 Å². The zero-order chi connectivity index (χ0) is 23.3. The largest absolute Gasteiger partial charge is 0.494 e. The van der Waals surface area contributed by atoms with Gasteiger partial charge in [0.25, 0.3) is 5.19 Å². The van der Waals surface area contributed by atoms with E-state index in [4.69, 9.17) is 9.47 Å². The molecule has 8 heteroatoms. The van der Waals surface area contributed by atoms with Gasteiger partial charge in [-0.15, -0.1) is 0 Å². The Balaban J connectivity index is 1.16. The highest BCUT2D eigenvalue weighted by Gasteiger charge is 2.35. The number of hydrogen-bond donors (Lipinski definition) is 2. The molecule has 2 aliphatic rings. The van der Waals surface area contributed by atoms with E-state index in [1.54, 1.807) is 0 Å². The van der Waals surface area contributed by atoms with Crippen LogP contribution in [0.15, 0.2) is 48.5 Å². The third-order valence-corrected chi connectivity index (χ3v) is 7.83. The second kappa shape index (κ2) is 10.7. The Morgan fingerprint density at radius 1 is 1.09 bits per heavy atom. The van der Waals surface area contributed by atoms with Crippen molar-refractivity contribution in [2.45, 2.75) is 44.2 Å². The van der Waals surface area contributed by atoms with Crippen molar-refractivity contribution in [1.29, 1.82) is 0 Å². The van der Waals surface area contributed by atoms with Crippen molar-refractivity contribution in [2.24, 2.45) is 5.92 Å². The minimum absolute atomic E-state index is 0.248. The Kier molecular flexibility index (Phi) is 7.27. The molecule has 2 atom stereocenters. The number of thiazole rings is 1. The average molecular weight is 482 g/mol. The summed E-state index contributed by atoms with van der Waals surface area (Å²) >= 11 is 1.52. The third-order valence-electron chi connectivity index (χ3n) is 6.91. The lowest BCUT2D eigenvalue weighted by atomic mass is 9.87. The molecule has 2 fully saturated rings. The van der Waals surface area contributed by atoms with Crippen molar-refractivity contribution >= 4 is 27.5 Å². The minimum Gasteiger partial charge on any atom is -0.494 e. The first-order chi connectivity index (χ1) is 16.7. The van der Waals surface area contributed by atoms with E-state index >= 15 is 0 Å². The van der Waals surface area contributed by atoms with Crippen LogP contribution in [0.5, 0.6) is 16.7 Å². The number of fused-ring (bicyclic) bond motifs is 1. The lowest BCUT2D eigenvalue weighted by Crippen LogP contribution is -2.52. The number of para-hydroxylation sites is 1. The van der Waals surface area contributed by atoms with Gasteiger partial charge in [-0.25, -0.2) is 4.98 Å². The van der Waals surface area contributed by atoms with Gasteiger partial charge in [-0.05, 0) is 88.1 Å². The van der Waals surface area contributed by atoms with Gasteiger partial charge in [0.1, 0.15) is 11.5 Å². The first kappa shape index (κ1) is 23.1. The van der Waals surface area contributed by atoms with Gasteiger partial charge in [0, 0.05) is 12.1 Å². The maximum absolute atomic E-state index is 11.6. The molecule has 34 heavy (non-hydrogen) atoms. The minimum atomic E-state index is -0.667. The fourth-order valence-electron chi connectivity index (χ4n) is 5.11. The van der Waals surface area contributed by atoms with Crippen molar-refractivity contribution in [3.8, 4) is 16.7 Å². The zero-order valence-electron chi connectivity index (χ0n) is 19.2. The van der Waals surface area contributed by atoms with Crippen LogP contribution in [0.25, 0.3) is 10.2 Å². The number of aromatic nitrogens is 1. The average Bonchev–Trinajstić information content (AvgIpc) is 3.28. The van der Waals surface area contributed by atoms with Crippen LogP contribution < -0.4 is 14.8 Å². The second-order valence-electron chi connectivity index (χ2n) is 9.09. The van der Waals surface area contributed by atoms with E-state index in [-0.39, 0.29) is 12.0 Å². The molecule has 1 aromatic heterocycles. The van der Waals surface area contributed by atoms with Crippen molar-refractivity contribution in [2.75, 3.05) is 26.2 Å². The molecule has 0 radical (unpaired) electrons. The molecular formula is C26H31N3O4S. The number of nitrogens with one attached hydrogen (secondary N) is 1. The monoisotopic (exact) mass is 481 g/mol. The topological polar surface area (TPSA) is 83.9 Å². The number of rotatable bonds is 8. The van der Waals surface area contributed by atoms with E-state index in [1.807, 2.05) is 48.5 Å². The Bertz CT molecular complexity index is 1060. The summed E-state index contributed by atoms with van der Waals surface area (Å²) in [5.74, 6) is 0.595. The third kappa shape index (κ3) is 5.51. The molecule has 2 aromatic carbocycles. The van der Waals surface area contributed by atoms with E-state index in [1.165, 1.54) is 11.3 Å². The van der Waals surface area contributed by atoms with E-state index in [0.717, 1.165) is 67.0 Å². The van der Waals surface area contributed by atoms with E-state index < -0.39 is 5.97 Å². The van der Waals surface area contributed by atoms with Crippen LogP contribution in [0, 0.1) is 5.92 Å². The molecule has 2 saturated heterocycles. The van der Waals surface area contributed by atoms with Crippen LogP contribution in [0.3, 0.4) is 0 Å². The number of carboxylic acid groups (broad SMARTS) is 1. The predicted octanol–water partition coefficient (Wildman–Crippen LogP) is 4.77. The van der Waals surface area contributed by atoms with Crippen molar-refractivity contribution < 1.29 is 19.4 Å². The maximum Gasteiger partial charge on any atom is 0.306 e. The van der Waals surface area contributed by atoms with E-state index in [9.17, 15) is 9.90 Å². The fourth-order valence-corrected chi connectivity index (χ4v) is 5.94. The van der Waals surface area contributed by atoms with Gasteiger partial charge in [-0.3, -0.25) is 9.69 Å². The van der Waals surface area contributed by atoms with Crippen molar-refractivity contribution in [3.63, 3.8) is 0 Å². The van der Waals surface area contributed by atoms with Crippen LogP contribution in [-0.4, -0.2) is 59.3 Å². The molecule has 180 valence electrons. The van der Waals surface area contributed by atoms with Gasteiger partial charge < -0.3 is 19.9 Å². The lowest BCUT2D eigenvalue weighted by Gasteiger charge is -2.44. The Labute approximate surface area is 203 Å². The highest BCUT2D eigenvalue weighted by Crippen LogP contribution is 2.32. The van der Waals surface area contributed by atoms with Gasteiger partial charge in [0.2, 0.25) is 0 Å². The number of carbonyl (C=O) groups is 1. The number of carboxylic acids is 1. The van der Waals surface area contributed by atoms with Gasteiger partial charge in [-0.2, -0.15) is 0 Å². The number of piperidine rings is 2. The second-order valence-corrected chi connectivity index (χ2v) is 10.1. The molecule has 7 nitrogen and oxygen atoms in total. The lowest BCUT2D eigenvalue weighted by molar-refractivity contribution is -0.144. The number of ether oxygens (including phenoxy) is 2. The molecule has 1 unspecified atom stereocenters. The standard InChI is InChI=1S/C26H31N3O4S/c30-25(31)18-11-15-29(19-9-13-27-14-10-19)20(17-18)12-16-32-21-5-7-22(8-6-21)33-26-28-23-3-1-2-4-24(23)34-26/h1-8,18-20,27H,9-17H2,(H,30,31)/t18?,20-/m0/s1. The quantitative estimate of drug-likeness (QED) is 0.479. The van der Waals surface area contributed by atoms with Gasteiger partial charge in [0.15, 0.2) is 0 Å². The molecule has 0 aliphatic carbocycles. The molecule has 5 rings (SSSR count). The van der Waals surface area contributed by atoms with Crippen LogP contribution in [0.1, 0.15) is 32.1 Å².